The van der Waals surface area contributed by atoms with Crippen molar-refractivity contribution in [3.05, 3.63) is 12.7 Å². The van der Waals surface area contributed by atoms with E-state index in [0.717, 1.165) is 31.0 Å². The van der Waals surface area contributed by atoms with Crippen LogP contribution in [0.25, 0.3) is 0 Å². The molecule has 14 heavy (non-hydrogen) atoms. The summed E-state index contributed by atoms with van der Waals surface area (Å²) in [5.74, 6) is 0. The Labute approximate surface area is 93.6 Å². The van der Waals surface area contributed by atoms with Gasteiger partial charge in [-0.05, 0) is 19.3 Å². The van der Waals surface area contributed by atoms with Gasteiger partial charge in [0.25, 0.3) is 0 Å². The van der Waals surface area contributed by atoms with E-state index in [1.807, 2.05) is 0 Å². The number of unbranched alkanes of at least 4 members (excludes halogenated alkanes) is 2. The van der Waals surface area contributed by atoms with Crippen molar-refractivity contribution >= 4 is 22.1 Å². The number of ether oxygens (including phenoxy) is 2. The van der Waals surface area contributed by atoms with Crippen molar-refractivity contribution < 1.29 is 14.3 Å². The molecule has 1 atom stereocenters. The highest BCUT2D eigenvalue weighted by atomic mass is 79.9. The van der Waals surface area contributed by atoms with E-state index in [1.54, 1.807) is 6.08 Å². The Morgan fingerprint density at radius 3 is 2.71 bits per heavy atom. The van der Waals surface area contributed by atoms with Crippen molar-refractivity contribution in [2.45, 2.75) is 31.8 Å². The van der Waals surface area contributed by atoms with E-state index in [0.29, 0.717) is 0 Å². The molecule has 0 N–H and O–H groups in total. The molecule has 0 aromatic carbocycles. The van der Waals surface area contributed by atoms with Gasteiger partial charge in [0.15, 0.2) is 0 Å². The number of hydrogen-bond donors (Lipinski definition) is 0. The minimum Gasteiger partial charge on any atom is -0.438 e. The van der Waals surface area contributed by atoms with Crippen LogP contribution in [0.15, 0.2) is 12.7 Å². The van der Waals surface area contributed by atoms with Gasteiger partial charge in [0.1, 0.15) is 6.10 Å². The molecule has 3 nitrogen and oxygen atoms in total. The lowest BCUT2D eigenvalue weighted by Gasteiger charge is -2.12. The first-order chi connectivity index (χ1) is 6.74. The van der Waals surface area contributed by atoms with Crippen LogP contribution in [0.2, 0.25) is 0 Å². The topological polar surface area (TPSA) is 35.5 Å². The quantitative estimate of drug-likeness (QED) is 0.307. The predicted molar refractivity (Wildman–Crippen MR) is 59.7 cm³/mol. The van der Waals surface area contributed by atoms with Crippen LogP contribution in [0.4, 0.5) is 4.79 Å². The second kappa shape index (κ2) is 9.06. The minimum absolute atomic E-state index is 0.224. The third kappa shape index (κ3) is 6.95. The molecule has 0 spiro atoms. The number of hydrogen-bond acceptors (Lipinski definition) is 3. The largest absolute Gasteiger partial charge is 0.508 e. The first kappa shape index (κ1) is 13.5. The smallest absolute Gasteiger partial charge is 0.438 e. The highest BCUT2D eigenvalue weighted by molar-refractivity contribution is 9.09. The fourth-order valence-corrected chi connectivity index (χ4v) is 1.41. The van der Waals surface area contributed by atoms with E-state index < -0.39 is 6.16 Å². The lowest BCUT2D eigenvalue weighted by Crippen LogP contribution is -2.15. The fourth-order valence-electron chi connectivity index (χ4n) is 1.01. The Bertz CT molecular complexity index is 171. The van der Waals surface area contributed by atoms with Gasteiger partial charge in [0.05, 0.1) is 7.11 Å². The molecule has 0 heterocycles. The number of rotatable bonds is 7. The van der Waals surface area contributed by atoms with Gasteiger partial charge in [-0.25, -0.2) is 4.79 Å². The van der Waals surface area contributed by atoms with Crippen molar-refractivity contribution in [3.63, 3.8) is 0 Å². The molecule has 0 aliphatic carbocycles. The summed E-state index contributed by atoms with van der Waals surface area (Å²) in [6.45, 7) is 3.61. The van der Waals surface area contributed by atoms with E-state index in [2.05, 4.69) is 27.2 Å². The standard InChI is InChI=1S/C10H17BrO3/c1-3-9(14-10(12)13-2)7-5-4-6-8-11/h3,9H,1,4-8H2,2H3. The minimum atomic E-state index is -0.643. The number of carbonyl (C=O) groups is 1. The Hall–Kier alpha value is -0.510. The molecule has 0 amide bonds. The molecule has 82 valence electrons. The van der Waals surface area contributed by atoms with E-state index >= 15 is 0 Å². The van der Waals surface area contributed by atoms with Crippen molar-refractivity contribution in [1.29, 1.82) is 0 Å². The molecule has 0 fully saturated rings. The molecule has 0 aromatic rings. The molecule has 0 radical (unpaired) electrons. The Kier molecular flexibility index (Phi) is 8.73. The van der Waals surface area contributed by atoms with Gasteiger partial charge < -0.3 is 9.47 Å². The lowest BCUT2D eigenvalue weighted by molar-refractivity contribution is 0.0493. The molecular formula is C10H17BrO3. The van der Waals surface area contributed by atoms with Gasteiger partial charge in [-0.2, -0.15) is 0 Å². The van der Waals surface area contributed by atoms with Crippen LogP contribution in [0.5, 0.6) is 0 Å². The summed E-state index contributed by atoms with van der Waals surface area (Å²) < 4.78 is 9.33. The highest BCUT2D eigenvalue weighted by Crippen LogP contribution is 2.09. The summed E-state index contributed by atoms with van der Waals surface area (Å²) in [4.78, 5) is 10.8. The average molecular weight is 265 g/mol. The summed E-state index contributed by atoms with van der Waals surface area (Å²) in [5, 5.41) is 1.02. The van der Waals surface area contributed by atoms with Gasteiger partial charge in [-0.15, -0.1) is 0 Å². The predicted octanol–water partition coefficient (Wildman–Crippen LogP) is 3.28. The van der Waals surface area contributed by atoms with E-state index in [4.69, 9.17) is 4.74 Å². The van der Waals surface area contributed by atoms with Crippen LogP contribution in [0.1, 0.15) is 25.7 Å². The number of alkyl halides is 1. The van der Waals surface area contributed by atoms with E-state index in [1.165, 1.54) is 7.11 Å². The summed E-state index contributed by atoms with van der Waals surface area (Å²) in [6, 6.07) is 0. The van der Waals surface area contributed by atoms with Gasteiger partial charge in [0, 0.05) is 5.33 Å². The summed E-state index contributed by atoms with van der Waals surface area (Å²) in [7, 11) is 1.30. The van der Waals surface area contributed by atoms with Crippen LogP contribution in [0, 0.1) is 0 Å². The molecular weight excluding hydrogens is 248 g/mol. The maximum absolute atomic E-state index is 10.8. The van der Waals surface area contributed by atoms with Crippen LogP contribution in [-0.4, -0.2) is 24.7 Å². The van der Waals surface area contributed by atoms with E-state index in [-0.39, 0.29) is 6.10 Å². The molecule has 0 aliphatic heterocycles. The fraction of sp³-hybridized carbons (Fsp3) is 0.700. The second-order valence-electron chi connectivity index (χ2n) is 2.88. The molecule has 0 bridgehead atoms. The van der Waals surface area contributed by atoms with Crippen LogP contribution >= 0.6 is 15.9 Å². The molecule has 0 saturated heterocycles. The maximum atomic E-state index is 10.8. The molecule has 4 heteroatoms. The monoisotopic (exact) mass is 264 g/mol. The summed E-state index contributed by atoms with van der Waals surface area (Å²) >= 11 is 3.36. The Morgan fingerprint density at radius 2 is 2.21 bits per heavy atom. The SMILES string of the molecule is C=CC(CCCCCBr)OC(=O)OC. The molecule has 1 unspecified atom stereocenters. The van der Waals surface area contributed by atoms with Gasteiger partial charge >= 0.3 is 6.16 Å². The maximum Gasteiger partial charge on any atom is 0.508 e. The van der Waals surface area contributed by atoms with Crippen LogP contribution < -0.4 is 0 Å². The Balaban J connectivity index is 3.58. The zero-order valence-corrected chi connectivity index (χ0v) is 10.1. The van der Waals surface area contributed by atoms with Crippen LogP contribution in [-0.2, 0) is 9.47 Å². The normalized spacial score (nSPS) is 11.9. The zero-order valence-electron chi connectivity index (χ0n) is 8.50. The average Bonchev–Trinajstić information content (AvgIpc) is 2.22. The molecule has 0 aliphatic rings. The summed E-state index contributed by atoms with van der Waals surface area (Å²) in [5.41, 5.74) is 0. The molecule has 0 rings (SSSR count). The third-order valence-electron chi connectivity index (χ3n) is 1.80. The van der Waals surface area contributed by atoms with Crippen molar-refractivity contribution in [1.82, 2.24) is 0 Å². The second-order valence-corrected chi connectivity index (χ2v) is 3.68. The zero-order chi connectivity index (χ0) is 10.8. The van der Waals surface area contributed by atoms with Gasteiger partial charge in [0.2, 0.25) is 0 Å². The van der Waals surface area contributed by atoms with E-state index in [9.17, 15) is 4.79 Å². The number of methoxy groups -OCH3 is 1. The first-order valence-corrected chi connectivity index (χ1v) is 5.79. The van der Waals surface area contributed by atoms with Gasteiger partial charge in [-0.3, -0.25) is 0 Å². The number of carbonyl (C=O) groups excluding carboxylic acids is 1. The number of halogens is 1. The summed E-state index contributed by atoms with van der Waals surface area (Å²) in [6.07, 6.45) is 4.87. The highest BCUT2D eigenvalue weighted by Gasteiger charge is 2.09. The molecule has 0 saturated carbocycles. The van der Waals surface area contributed by atoms with Gasteiger partial charge in [-0.1, -0.05) is 35.0 Å². The lowest BCUT2D eigenvalue weighted by atomic mass is 10.1. The van der Waals surface area contributed by atoms with Crippen LogP contribution in [0.3, 0.4) is 0 Å². The molecule has 0 aromatic heterocycles. The van der Waals surface area contributed by atoms with Crippen molar-refractivity contribution in [3.8, 4) is 0 Å². The van der Waals surface area contributed by atoms with Crippen molar-refractivity contribution in [2.75, 3.05) is 12.4 Å². The third-order valence-corrected chi connectivity index (χ3v) is 2.36. The Morgan fingerprint density at radius 1 is 1.50 bits per heavy atom. The van der Waals surface area contributed by atoms with Crippen molar-refractivity contribution in [2.24, 2.45) is 0 Å². The first-order valence-electron chi connectivity index (χ1n) is 4.67.